The number of aryl methyl sites for hydroxylation is 1. The van der Waals surface area contributed by atoms with Crippen LogP contribution in [0.1, 0.15) is 87.1 Å². The van der Waals surface area contributed by atoms with E-state index in [2.05, 4.69) is 6.92 Å². The van der Waals surface area contributed by atoms with Gasteiger partial charge in [-0.15, -0.1) is 0 Å². The number of carbonyl (C=O) groups is 1. The zero-order valence-corrected chi connectivity index (χ0v) is 23.3. The number of rotatable bonds is 15. The minimum atomic E-state index is -8.43. The largest absolute Gasteiger partial charge is 0.460 e. The summed E-state index contributed by atoms with van der Waals surface area (Å²) >= 11 is 0. The van der Waals surface area contributed by atoms with Crippen molar-refractivity contribution in [3.63, 3.8) is 0 Å². The van der Waals surface area contributed by atoms with Gasteiger partial charge in [0.1, 0.15) is 0 Å². The van der Waals surface area contributed by atoms with Crippen LogP contribution in [0.2, 0.25) is 0 Å². The van der Waals surface area contributed by atoms with Gasteiger partial charge in [0.15, 0.2) is 0 Å². The van der Waals surface area contributed by atoms with E-state index in [0.717, 1.165) is 57.1 Å². The minimum Gasteiger partial charge on any atom is -0.287 e. The standard InChI is InChI=1S/C28H31F15O/c1-2-3-4-5-6-17-7-9-18(10-8-17)11-12-19-13-15-20(16-14-19)21(44)22(29,30)23(31,32)24(33,34)25(35,36)26(37,38)27(39,40)28(41,42)43/h13-18H,2-12H2,1H3/t17-,18-. The lowest BCUT2D eigenvalue weighted by Gasteiger charge is -2.41. The van der Waals surface area contributed by atoms with Crippen LogP contribution in [0.5, 0.6) is 0 Å². The highest BCUT2D eigenvalue weighted by molar-refractivity contribution is 6.02. The van der Waals surface area contributed by atoms with Gasteiger partial charge in [-0.3, -0.25) is 4.79 Å². The molecule has 1 aliphatic carbocycles. The van der Waals surface area contributed by atoms with Crippen LogP contribution in [0.25, 0.3) is 0 Å². The van der Waals surface area contributed by atoms with E-state index in [4.69, 9.17) is 0 Å². The number of alkyl halides is 15. The maximum Gasteiger partial charge on any atom is 0.460 e. The summed E-state index contributed by atoms with van der Waals surface area (Å²) in [6.45, 7) is 2.12. The van der Waals surface area contributed by atoms with Gasteiger partial charge in [0.25, 0.3) is 0 Å². The van der Waals surface area contributed by atoms with Crippen molar-refractivity contribution in [1.29, 1.82) is 0 Å². The van der Waals surface area contributed by atoms with Crippen molar-refractivity contribution in [1.82, 2.24) is 0 Å². The molecular weight excluding hydrogens is 637 g/mol. The number of hydrogen-bond acceptors (Lipinski definition) is 1. The Morgan fingerprint density at radius 1 is 0.591 bits per heavy atom. The Labute approximate surface area is 243 Å². The maximum atomic E-state index is 14.3. The quantitative estimate of drug-likeness (QED) is 0.103. The summed E-state index contributed by atoms with van der Waals surface area (Å²) in [6.07, 6.45) is 2.96. The summed E-state index contributed by atoms with van der Waals surface area (Å²) in [5, 5.41) is 0. The number of halogens is 15. The van der Waals surface area contributed by atoms with Crippen molar-refractivity contribution in [3.8, 4) is 0 Å². The van der Waals surface area contributed by atoms with Crippen LogP contribution in [0.3, 0.4) is 0 Å². The van der Waals surface area contributed by atoms with Crippen molar-refractivity contribution in [3.05, 3.63) is 35.4 Å². The molecule has 1 aromatic rings. The van der Waals surface area contributed by atoms with Crippen molar-refractivity contribution >= 4 is 5.78 Å². The fourth-order valence-corrected chi connectivity index (χ4v) is 5.15. The molecule has 0 aliphatic heterocycles. The third kappa shape index (κ3) is 6.97. The number of unbranched alkanes of at least 4 members (excludes halogenated alkanes) is 3. The van der Waals surface area contributed by atoms with E-state index < -0.39 is 53.1 Å². The summed E-state index contributed by atoms with van der Waals surface area (Å²) in [5.74, 6) is -50.3. The topological polar surface area (TPSA) is 17.1 Å². The van der Waals surface area contributed by atoms with Crippen LogP contribution in [-0.2, 0) is 6.42 Å². The highest BCUT2D eigenvalue weighted by Crippen LogP contribution is 2.62. The van der Waals surface area contributed by atoms with Crippen LogP contribution >= 0.6 is 0 Å². The number of carbonyl (C=O) groups excluding carboxylic acids is 1. The first-order valence-corrected chi connectivity index (χ1v) is 13.9. The van der Waals surface area contributed by atoms with Crippen molar-refractivity contribution in [2.75, 3.05) is 0 Å². The van der Waals surface area contributed by atoms with E-state index in [9.17, 15) is 70.7 Å². The Balaban J connectivity index is 2.13. The first-order chi connectivity index (χ1) is 19.9. The molecule has 0 N–H and O–H groups in total. The number of benzene rings is 1. The molecule has 1 aromatic carbocycles. The van der Waals surface area contributed by atoms with E-state index in [1.54, 1.807) is 0 Å². The van der Waals surface area contributed by atoms with Gasteiger partial charge >= 0.3 is 41.7 Å². The highest BCUT2D eigenvalue weighted by atomic mass is 19.4. The number of ketones is 1. The zero-order chi connectivity index (χ0) is 34.0. The van der Waals surface area contributed by atoms with E-state index in [1.165, 1.54) is 12.8 Å². The Morgan fingerprint density at radius 2 is 1.02 bits per heavy atom. The molecule has 1 fully saturated rings. The molecule has 254 valence electrons. The molecule has 44 heavy (non-hydrogen) atoms. The Morgan fingerprint density at radius 3 is 1.48 bits per heavy atom. The molecule has 0 atom stereocenters. The first-order valence-electron chi connectivity index (χ1n) is 13.9. The Hall–Kier alpha value is -2.16. The van der Waals surface area contributed by atoms with Crippen LogP contribution in [0.15, 0.2) is 24.3 Å². The van der Waals surface area contributed by atoms with E-state index in [1.807, 2.05) is 0 Å². The van der Waals surface area contributed by atoms with Gasteiger partial charge in [-0.2, -0.15) is 65.9 Å². The molecule has 1 saturated carbocycles. The Bertz CT molecular complexity index is 1090. The van der Waals surface area contributed by atoms with Crippen LogP contribution in [0, 0.1) is 11.8 Å². The van der Waals surface area contributed by atoms with Crippen LogP contribution in [-0.4, -0.2) is 47.5 Å². The maximum absolute atomic E-state index is 14.3. The van der Waals surface area contributed by atoms with E-state index in [-0.39, 0.29) is 0 Å². The third-order valence-electron chi connectivity index (χ3n) is 8.10. The van der Waals surface area contributed by atoms with E-state index in [0.29, 0.717) is 42.4 Å². The fourth-order valence-electron chi connectivity index (χ4n) is 5.15. The molecular formula is C28H31F15O. The van der Waals surface area contributed by atoms with Crippen molar-refractivity contribution in [2.24, 2.45) is 11.8 Å². The fraction of sp³-hybridized carbons (Fsp3) is 0.750. The summed E-state index contributed by atoms with van der Waals surface area (Å²) in [6, 6.07) is 2.87. The smallest absolute Gasteiger partial charge is 0.287 e. The second-order valence-electron chi connectivity index (χ2n) is 11.2. The summed E-state index contributed by atoms with van der Waals surface area (Å²) in [4.78, 5) is 12.0. The minimum absolute atomic E-state index is 0.318. The van der Waals surface area contributed by atoms with Gasteiger partial charge in [-0.1, -0.05) is 89.0 Å². The summed E-state index contributed by atoms with van der Waals surface area (Å²) < 4.78 is 201. The normalized spacial score (nSPS) is 19.7. The first kappa shape index (κ1) is 38.0. The van der Waals surface area contributed by atoms with Crippen LogP contribution in [0.4, 0.5) is 65.9 Å². The zero-order valence-electron chi connectivity index (χ0n) is 23.3. The van der Waals surface area contributed by atoms with Gasteiger partial charge < -0.3 is 0 Å². The predicted molar refractivity (Wildman–Crippen MR) is 129 cm³/mol. The molecule has 2 rings (SSSR count). The number of Topliss-reactive ketones (excluding diaryl/α,β-unsaturated/α-hetero) is 1. The van der Waals surface area contributed by atoms with Gasteiger partial charge in [0, 0.05) is 5.56 Å². The molecule has 0 heterocycles. The van der Waals surface area contributed by atoms with Gasteiger partial charge in [-0.25, -0.2) is 0 Å². The lowest BCUT2D eigenvalue weighted by Crippen LogP contribution is -2.73. The second-order valence-corrected chi connectivity index (χ2v) is 11.2. The summed E-state index contributed by atoms with van der Waals surface area (Å²) in [5.41, 5.74) is -1.07. The SMILES string of the molecule is CCCCCC[C@H]1CC[C@H](CCc2ccc(C(=O)C(F)(F)C(F)(F)C(F)(F)C(F)(F)C(F)(F)C(F)(F)C(F)(F)F)cc2)CC1. The summed E-state index contributed by atoms with van der Waals surface area (Å²) in [7, 11) is 0. The second kappa shape index (κ2) is 13.3. The van der Waals surface area contributed by atoms with Crippen LogP contribution < -0.4 is 0 Å². The lowest BCUT2D eigenvalue weighted by atomic mass is 9.77. The molecule has 0 spiro atoms. The van der Waals surface area contributed by atoms with Gasteiger partial charge in [0.2, 0.25) is 5.78 Å². The third-order valence-corrected chi connectivity index (χ3v) is 8.10. The Kier molecular flexibility index (Phi) is 11.5. The predicted octanol–water partition coefficient (Wildman–Crippen LogP) is 11.0. The highest BCUT2D eigenvalue weighted by Gasteiger charge is 2.94. The van der Waals surface area contributed by atoms with Crippen molar-refractivity contribution in [2.45, 2.75) is 119 Å². The average Bonchev–Trinajstić information content (AvgIpc) is 2.93. The molecule has 0 radical (unpaired) electrons. The molecule has 16 heteroatoms. The average molecular weight is 669 g/mol. The lowest BCUT2D eigenvalue weighted by molar-refractivity contribution is -0.449. The van der Waals surface area contributed by atoms with E-state index >= 15 is 0 Å². The van der Waals surface area contributed by atoms with Gasteiger partial charge in [0.05, 0.1) is 0 Å². The van der Waals surface area contributed by atoms with Crippen molar-refractivity contribution < 1.29 is 70.7 Å². The molecule has 0 bridgehead atoms. The molecule has 0 unspecified atom stereocenters. The molecule has 0 amide bonds. The number of hydrogen-bond donors (Lipinski definition) is 0. The molecule has 0 aromatic heterocycles. The molecule has 0 saturated heterocycles. The monoisotopic (exact) mass is 668 g/mol. The van der Waals surface area contributed by atoms with Gasteiger partial charge in [-0.05, 0) is 30.2 Å². The molecule has 1 nitrogen and oxygen atoms in total. The molecule has 1 aliphatic rings.